The SMILES string of the molecule is O=C(COC(=O)c1ccc2c(c1)C(=O)N(c1ccc(Cl)c(Cl)c1)C2=O)NC[C@@H]1CCCO1. The smallest absolute Gasteiger partial charge is 0.338 e. The number of fused-ring (bicyclic) bond motifs is 1. The van der Waals surface area contributed by atoms with E-state index in [1.165, 1.54) is 36.4 Å². The molecule has 0 spiro atoms. The zero-order chi connectivity index (χ0) is 22.8. The predicted molar refractivity (Wildman–Crippen MR) is 116 cm³/mol. The van der Waals surface area contributed by atoms with Gasteiger partial charge in [-0.25, -0.2) is 9.69 Å². The molecule has 10 heteroatoms. The van der Waals surface area contributed by atoms with Crippen molar-refractivity contribution in [1.29, 1.82) is 0 Å². The molecule has 2 aliphatic rings. The molecule has 4 rings (SSSR count). The summed E-state index contributed by atoms with van der Waals surface area (Å²) in [6, 6.07) is 8.42. The Morgan fingerprint density at radius 3 is 2.56 bits per heavy atom. The molecular formula is C22H18Cl2N2O6. The van der Waals surface area contributed by atoms with Crippen LogP contribution in [0.15, 0.2) is 36.4 Å². The normalized spacial score (nSPS) is 17.4. The summed E-state index contributed by atoms with van der Waals surface area (Å²) >= 11 is 11.9. The van der Waals surface area contributed by atoms with E-state index < -0.39 is 30.3 Å². The number of esters is 1. The van der Waals surface area contributed by atoms with Gasteiger partial charge in [-0.2, -0.15) is 0 Å². The number of halogens is 2. The molecule has 2 heterocycles. The summed E-state index contributed by atoms with van der Waals surface area (Å²) in [5, 5.41) is 3.14. The third-order valence-electron chi connectivity index (χ3n) is 5.17. The van der Waals surface area contributed by atoms with Crippen LogP contribution in [-0.4, -0.2) is 49.6 Å². The lowest BCUT2D eigenvalue weighted by Crippen LogP contribution is -2.34. The molecule has 0 saturated carbocycles. The Hall–Kier alpha value is -2.94. The molecule has 2 aliphatic heterocycles. The van der Waals surface area contributed by atoms with E-state index >= 15 is 0 Å². The average molecular weight is 477 g/mol. The van der Waals surface area contributed by atoms with Crippen LogP contribution in [0, 0.1) is 0 Å². The highest BCUT2D eigenvalue weighted by molar-refractivity contribution is 6.42. The summed E-state index contributed by atoms with van der Waals surface area (Å²) in [6.45, 7) is 0.568. The summed E-state index contributed by atoms with van der Waals surface area (Å²) in [6.07, 6.45) is 1.81. The molecule has 1 N–H and O–H groups in total. The predicted octanol–water partition coefficient (Wildman–Crippen LogP) is 3.25. The van der Waals surface area contributed by atoms with Crippen molar-refractivity contribution in [1.82, 2.24) is 5.32 Å². The molecule has 1 saturated heterocycles. The number of nitrogens with one attached hydrogen (secondary N) is 1. The Morgan fingerprint density at radius 1 is 1.06 bits per heavy atom. The fourth-order valence-corrected chi connectivity index (χ4v) is 3.82. The van der Waals surface area contributed by atoms with Crippen LogP contribution in [0.3, 0.4) is 0 Å². The van der Waals surface area contributed by atoms with Crippen LogP contribution in [0.25, 0.3) is 0 Å². The first-order chi connectivity index (χ1) is 15.3. The highest BCUT2D eigenvalue weighted by Gasteiger charge is 2.37. The first-order valence-electron chi connectivity index (χ1n) is 9.88. The lowest BCUT2D eigenvalue weighted by atomic mass is 10.1. The minimum atomic E-state index is -0.784. The van der Waals surface area contributed by atoms with E-state index in [-0.39, 0.29) is 38.5 Å². The second-order valence-corrected chi connectivity index (χ2v) is 8.13. The molecule has 2 aromatic carbocycles. The minimum Gasteiger partial charge on any atom is -0.452 e. The molecule has 0 aliphatic carbocycles. The van der Waals surface area contributed by atoms with Crippen LogP contribution in [0.1, 0.15) is 43.9 Å². The highest BCUT2D eigenvalue weighted by atomic mass is 35.5. The number of imide groups is 1. The molecule has 32 heavy (non-hydrogen) atoms. The highest BCUT2D eigenvalue weighted by Crippen LogP contribution is 2.33. The number of benzene rings is 2. The fourth-order valence-electron chi connectivity index (χ4n) is 3.52. The number of carbonyl (C=O) groups excluding carboxylic acids is 4. The van der Waals surface area contributed by atoms with Gasteiger partial charge in [0.05, 0.1) is 38.5 Å². The van der Waals surface area contributed by atoms with Crippen LogP contribution < -0.4 is 10.2 Å². The summed E-state index contributed by atoms with van der Waals surface area (Å²) < 4.78 is 10.4. The van der Waals surface area contributed by atoms with Gasteiger partial charge < -0.3 is 14.8 Å². The van der Waals surface area contributed by atoms with Gasteiger partial charge in [0, 0.05) is 13.2 Å². The minimum absolute atomic E-state index is 0.0200. The van der Waals surface area contributed by atoms with Gasteiger partial charge in [-0.1, -0.05) is 23.2 Å². The van der Waals surface area contributed by atoms with Crippen molar-refractivity contribution < 1.29 is 28.7 Å². The molecule has 0 radical (unpaired) electrons. The van der Waals surface area contributed by atoms with E-state index in [9.17, 15) is 19.2 Å². The lowest BCUT2D eigenvalue weighted by Gasteiger charge is -2.14. The topological polar surface area (TPSA) is 102 Å². The van der Waals surface area contributed by atoms with E-state index in [1.807, 2.05) is 0 Å². The summed E-state index contributed by atoms with van der Waals surface area (Å²) in [4.78, 5) is 50.8. The van der Waals surface area contributed by atoms with Crippen molar-refractivity contribution >= 4 is 52.6 Å². The van der Waals surface area contributed by atoms with Gasteiger partial charge in [-0.15, -0.1) is 0 Å². The van der Waals surface area contributed by atoms with Gasteiger partial charge in [-0.05, 0) is 49.2 Å². The second kappa shape index (κ2) is 9.28. The molecule has 0 unspecified atom stereocenters. The Morgan fingerprint density at radius 2 is 1.84 bits per heavy atom. The molecule has 8 nitrogen and oxygen atoms in total. The Balaban J connectivity index is 1.42. The van der Waals surface area contributed by atoms with Crippen LogP contribution in [0.5, 0.6) is 0 Å². The molecule has 166 valence electrons. The number of carbonyl (C=O) groups is 4. The first kappa shape index (κ1) is 22.3. The van der Waals surface area contributed by atoms with Gasteiger partial charge in [-0.3, -0.25) is 14.4 Å². The molecule has 2 aromatic rings. The van der Waals surface area contributed by atoms with E-state index in [2.05, 4.69) is 5.32 Å². The van der Waals surface area contributed by atoms with Crippen molar-refractivity contribution in [2.75, 3.05) is 24.7 Å². The molecular weight excluding hydrogens is 459 g/mol. The molecule has 1 fully saturated rings. The number of ether oxygens (including phenoxy) is 2. The summed E-state index contributed by atoms with van der Waals surface area (Å²) in [7, 11) is 0. The van der Waals surface area contributed by atoms with Crippen molar-refractivity contribution in [3.05, 3.63) is 63.1 Å². The number of amides is 3. The molecule has 1 atom stereocenters. The van der Waals surface area contributed by atoms with Crippen LogP contribution in [0.2, 0.25) is 10.0 Å². The van der Waals surface area contributed by atoms with Crippen molar-refractivity contribution in [3.63, 3.8) is 0 Å². The maximum atomic E-state index is 12.9. The average Bonchev–Trinajstić information content (AvgIpc) is 3.39. The van der Waals surface area contributed by atoms with Gasteiger partial charge in [0.25, 0.3) is 17.7 Å². The number of nitrogens with zero attached hydrogens (tertiary/aromatic N) is 1. The third-order valence-corrected chi connectivity index (χ3v) is 5.91. The standard InChI is InChI=1S/C22H18Cl2N2O6/c23-17-6-4-13(9-18(17)24)26-20(28)15-5-3-12(8-16(15)21(26)29)22(30)32-11-19(27)25-10-14-2-1-7-31-14/h3-6,8-9,14H,1-2,7,10-11H2,(H,25,27)/t14-/m0/s1. The summed E-state index contributed by atoms with van der Waals surface area (Å²) in [5.74, 6) is -2.38. The van der Waals surface area contributed by atoms with Crippen molar-refractivity contribution in [2.24, 2.45) is 0 Å². The first-order valence-corrected chi connectivity index (χ1v) is 10.6. The number of rotatable bonds is 6. The van der Waals surface area contributed by atoms with Gasteiger partial charge >= 0.3 is 5.97 Å². The van der Waals surface area contributed by atoms with Gasteiger partial charge in [0.1, 0.15) is 0 Å². The monoisotopic (exact) mass is 476 g/mol. The second-order valence-electron chi connectivity index (χ2n) is 7.32. The lowest BCUT2D eigenvalue weighted by molar-refractivity contribution is -0.124. The third kappa shape index (κ3) is 4.48. The van der Waals surface area contributed by atoms with E-state index in [0.29, 0.717) is 13.2 Å². The fraction of sp³-hybridized carbons (Fsp3) is 0.273. The number of hydrogen-bond donors (Lipinski definition) is 1. The molecule has 0 aromatic heterocycles. The number of anilines is 1. The Labute approximate surface area is 193 Å². The quantitative estimate of drug-likeness (QED) is 0.507. The van der Waals surface area contributed by atoms with Gasteiger partial charge in [0.2, 0.25) is 0 Å². The zero-order valence-corrected chi connectivity index (χ0v) is 18.2. The van der Waals surface area contributed by atoms with Crippen LogP contribution in [-0.2, 0) is 14.3 Å². The van der Waals surface area contributed by atoms with E-state index in [4.69, 9.17) is 32.7 Å². The largest absolute Gasteiger partial charge is 0.452 e. The Kier molecular flexibility index (Phi) is 6.45. The van der Waals surface area contributed by atoms with E-state index in [0.717, 1.165) is 17.7 Å². The van der Waals surface area contributed by atoms with Crippen molar-refractivity contribution in [2.45, 2.75) is 18.9 Å². The van der Waals surface area contributed by atoms with E-state index in [1.54, 1.807) is 0 Å². The van der Waals surface area contributed by atoms with Crippen LogP contribution in [0.4, 0.5) is 5.69 Å². The van der Waals surface area contributed by atoms with Crippen molar-refractivity contribution in [3.8, 4) is 0 Å². The maximum absolute atomic E-state index is 12.9. The zero-order valence-electron chi connectivity index (χ0n) is 16.7. The molecule has 3 amide bonds. The molecule has 0 bridgehead atoms. The van der Waals surface area contributed by atoms with Crippen LogP contribution >= 0.6 is 23.2 Å². The van der Waals surface area contributed by atoms with Gasteiger partial charge in [0.15, 0.2) is 6.61 Å². The summed E-state index contributed by atoms with van der Waals surface area (Å²) in [5.41, 5.74) is 0.510. The Bertz CT molecular complexity index is 1110. The number of hydrogen-bond acceptors (Lipinski definition) is 6. The maximum Gasteiger partial charge on any atom is 0.338 e.